The molecule has 0 spiro atoms. The first kappa shape index (κ1) is 18.9. The lowest BCUT2D eigenvalue weighted by Gasteiger charge is -2.26. The van der Waals surface area contributed by atoms with E-state index in [1.807, 2.05) is 41.8 Å². The van der Waals surface area contributed by atoms with E-state index in [9.17, 15) is 9.59 Å². The molecular weight excluding hydrogens is 402 g/mol. The summed E-state index contributed by atoms with van der Waals surface area (Å²) in [5.74, 6) is 0.744. The summed E-state index contributed by atoms with van der Waals surface area (Å²) in [5.41, 5.74) is 2.54. The van der Waals surface area contributed by atoms with Crippen molar-refractivity contribution >= 4 is 22.2 Å². The number of ether oxygens (including phenoxy) is 2. The third-order valence-electron chi connectivity index (χ3n) is 5.72. The Morgan fingerprint density at radius 2 is 1.87 bits per heavy atom. The van der Waals surface area contributed by atoms with E-state index < -0.39 is 0 Å². The van der Waals surface area contributed by atoms with Crippen LogP contribution >= 0.6 is 11.3 Å². The van der Waals surface area contributed by atoms with E-state index in [4.69, 9.17) is 9.47 Å². The number of aromatic nitrogens is 3. The number of hydrogen-bond acceptors (Lipinski definition) is 5. The highest BCUT2D eigenvalue weighted by Crippen LogP contribution is 2.41. The molecular formula is C22H21N3O4S. The molecule has 0 saturated heterocycles. The van der Waals surface area contributed by atoms with Crippen LogP contribution in [0.4, 0.5) is 0 Å². The van der Waals surface area contributed by atoms with E-state index in [1.54, 1.807) is 30.1 Å². The fourth-order valence-electron chi connectivity index (χ4n) is 4.29. The predicted octanol–water partition coefficient (Wildman–Crippen LogP) is 2.90. The van der Waals surface area contributed by atoms with Gasteiger partial charge in [0.2, 0.25) is 0 Å². The molecule has 0 bridgehead atoms. The maximum atomic E-state index is 13.3. The molecule has 30 heavy (non-hydrogen) atoms. The van der Waals surface area contributed by atoms with Crippen molar-refractivity contribution in [2.75, 3.05) is 13.7 Å². The minimum absolute atomic E-state index is 0.300. The van der Waals surface area contributed by atoms with Crippen LogP contribution in [-0.4, -0.2) is 27.4 Å². The molecule has 1 aliphatic rings. The quantitative estimate of drug-likeness (QED) is 0.508. The van der Waals surface area contributed by atoms with Crippen molar-refractivity contribution in [3.05, 3.63) is 73.2 Å². The minimum Gasteiger partial charge on any atom is -0.497 e. The number of fused-ring (bicyclic) bond motifs is 3. The Morgan fingerprint density at radius 3 is 2.53 bits per heavy atom. The molecule has 0 unspecified atom stereocenters. The molecule has 0 saturated carbocycles. The molecule has 5 rings (SSSR count). The van der Waals surface area contributed by atoms with Crippen LogP contribution in [0.15, 0.2) is 51.4 Å². The van der Waals surface area contributed by atoms with Crippen LogP contribution in [0, 0.1) is 0 Å². The maximum absolute atomic E-state index is 13.3. The van der Waals surface area contributed by atoms with Crippen molar-refractivity contribution in [3.63, 3.8) is 0 Å². The van der Waals surface area contributed by atoms with Crippen LogP contribution in [0.25, 0.3) is 22.2 Å². The van der Waals surface area contributed by atoms with Crippen molar-refractivity contribution < 1.29 is 9.47 Å². The summed E-state index contributed by atoms with van der Waals surface area (Å²) in [5, 5.41) is 2.54. The summed E-state index contributed by atoms with van der Waals surface area (Å²) in [6.07, 6.45) is -0.328. The topological polar surface area (TPSA) is 67.4 Å². The molecule has 0 amide bonds. The van der Waals surface area contributed by atoms with E-state index in [0.717, 1.165) is 27.6 Å². The lowest BCUT2D eigenvalue weighted by molar-refractivity contribution is 0.0500. The third-order valence-corrected chi connectivity index (χ3v) is 6.63. The average molecular weight is 423 g/mol. The van der Waals surface area contributed by atoms with Crippen LogP contribution in [-0.2, 0) is 25.4 Å². The zero-order valence-electron chi connectivity index (χ0n) is 16.9. The Bertz CT molecular complexity index is 1360. The summed E-state index contributed by atoms with van der Waals surface area (Å²) in [6, 6.07) is 11.7. The Labute approximate surface area is 176 Å². The van der Waals surface area contributed by atoms with Crippen LogP contribution in [0.3, 0.4) is 0 Å². The molecule has 7 nitrogen and oxygen atoms in total. The molecule has 8 heteroatoms. The monoisotopic (exact) mass is 423 g/mol. The number of aryl methyl sites for hydroxylation is 1. The van der Waals surface area contributed by atoms with Crippen molar-refractivity contribution in [2.45, 2.75) is 12.6 Å². The summed E-state index contributed by atoms with van der Waals surface area (Å²) < 4.78 is 16.3. The van der Waals surface area contributed by atoms with E-state index in [-0.39, 0.29) is 17.4 Å². The summed E-state index contributed by atoms with van der Waals surface area (Å²) in [7, 11) is 4.85. The van der Waals surface area contributed by atoms with Crippen molar-refractivity contribution in [3.8, 4) is 17.0 Å². The number of methoxy groups -OCH3 is 1. The fraction of sp³-hybridized carbons (Fsp3) is 0.273. The Balaban J connectivity index is 1.93. The second-order valence-corrected chi connectivity index (χ2v) is 8.29. The highest BCUT2D eigenvalue weighted by Gasteiger charge is 2.33. The lowest BCUT2D eigenvalue weighted by atomic mass is 10.1. The lowest BCUT2D eigenvalue weighted by Crippen LogP contribution is -2.37. The summed E-state index contributed by atoms with van der Waals surface area (Å²) in [6.45, 7) is 1.12. The van der Waals surface area contributed by atoms with Gasteiger partial charge in [-0.1, -0.05) is 6.07 Å². The van der Waals surface area contributed by atoms with Gasteiger partial charge in [0.05, 0.1) is 36.0 Å². The molecule has 154 valence electrons. The van der Waals surface area contributed by atoms with Crippen LogP contribution < -0.4 is 16.0 Å². The highest BCUT2D eigenvalue weighted by atomic mass is 32.1. The summed E-state index contributed by atoms with van der Waals surface area (Å²) in [4.78, 5) is 27.1. The molecule has 0 aliphatic carbocycles. The minimum atomic E-state index is -0.349. The van der Waals surface area contributed by atoms with Gasteiger partial charge in [0.15, 0.2) is 0 Å². The van der Waals surface area contributed by atoms with Crippen LogP contribution in [0.5, 0.6) is 5.75 Å². The summed E-state index contributed by atoms with van der Waals surface area (Å²) >= 11 is 1.60. The van der Waals surface area contributed by atoms with E-state index >= 15 is 0 Å². The molecule has 0 N–H and O–H groups in total. The highest BCUT2D eigenvalue weighted by molar-refractivity contribution is 7.10. The van der Waals surface area contributed by atoms with Crippen LogP contribution in [0.1, 0.15) is 16.7 Å². The van der Waals surface area contributed by atoms with Gasteiger partial charge >= 0.3 is 5.69 Å². The predicted molar refractivity (Wildman–Crippen MR) is 117 cm³/mol. The normalized spacial score (nSPS) is 16.0. The number of rotatable bonds is 3. The number of nitrogens with zero attached hydrogens (tertiary/aromatic N) is 3. The SMILES string of the molecule is COc1ccc(-c2c3c(=O)n(C)c(=O)n(C)c3c3n2CCO[C@H]3c2cccs2)cc1. The Hall–Kier alpha value is -3.10. The van der Waals surface area contributed by atoms with E-state index in [1.165, 1.54) is 11.6 Å². The van der Waals surface area contributed by atoms with Gasteiger partial charge < -0.3 is 14.0 Å². The van der Waals surface area contributed by atoms with Crippen molar-refractivity contribution in [1.82, 2.24) is 13.7 Å². The molecule has 3 aromatic heterocycles. The van der Waals surface area contributed by atoms with Gasteiger partial charge in [-0.25, -0.2) is 4.79 Å². The molecule has 1 aliphatic heterocycles. The molecule has 4 heterocycles. The first-order valence-corrected chi connectivity index (χ1v) is 10.5. The first-order valence-electron chi connectivity index (χ1n) is 9.64. The van der Waals surface area contributed by atoms with Crippen molar-refractivity contribution in [1.29, 1.82) is 0 Å². The van der Waals surface area contributed by atoms with Gasteiger partial charge in [0.1, 0.15) is 11.9 Å². The number of hydrogen-bond donors (Lipinski definition) is 0. The zero-order valence-corrected chi connectivity index (χ0v) is 17.7. The maximum Gasteiger partial charge on any atom is 0.331 e. The van der Waals surface area contributed by atoms with Gasteiger partial charge in [-0.2, -0.15) is 0 Å². The smallest absolute Gasteiger partial charge is 0.331 e. The van der Waals surface area contributed by atoms with Gasteiger partial charge in [-0.15, -0.1) is 11.3 Å². The molecule has 4 aromatic rings. The van der Waals surface area contributed by atoms with Gasteiger partial charge in [0, 0.05) is 25.5 Å². The standard InChI is InChI=1S/C22H21N3O4S/c1-23-18-16(21(26)24(2)22(23)27)17(13-6-8-14(28-3)9-7-13)25-10-11-29-20(19(18)25)15-5-4-12-30-15/h4-9,12,20H,10-11H2,1-3H3/t20-/m0/s1. The van der Waals surface area contributed by atoms with Gasteiger partial charge in [-0.05, 0) is 41.3 Å². The molecule has 1 atom stereocenters. The molecule has 0 fully saturated rings. The average Bonchev–Trinajstić information content (AvgIpc) is 3.42. The first-order chi connectivity index (χ1) is 14.5. The third kappa shape index (κ3) is 2.60. The van der Waals surface area contributed by atoms with Crippen LogP contribution in [0.2, 0.25) is 0 Å². The molecule has 1 aromatic carbocycles. The Morgan fingerprint density at radius 1 is 1.10 bits per heavy atom. The van der Waals surface area contributed by atoms with E-state index in [2.05, 4.69) is 4.57 Å². The van der Waals surface area contributed by atoms with Gasteiger partial charge in [-0.3, -0.25) is 13.9 Å². The number of thiophene rings is 1. The second kappa shape index (κ2) is 7.00. The zero-order chi connectivity index (χ0) is 21.0. The van der Waals surface area contributed by atoms with Crippen molar-refractivity contribution in [2.24, 2.45) is 14.1 Å². The van der Waals surface area contributed by atoms with Gasteiger partial charge in [0.25, 0.3) is 5.56 Å². The largest absolute Gasteiger partial charge is 0.497 e. The number of benzene rings is 1. The Kier molecular flexibility index (Phi) is 4.41. The molecule has 0 radical (unpaired) electrons. The second-order valence-electron chi connectivity index (χ2n) is 7.31. The van der Waals surface area contributed by atoms with E-state index in [0.29, 0.717) is 24.1 Å². The fourth-order valence-corrected chi connectivity index (χ4v) is 5.06.